The van der Waals surface area contributed by atoms with Crippen molar-refractivity contribution >= 4 is 11.8 Å². The van der Waals surface area contributed by atoms with Crippen LogP contribution >= 0.6 is 0 Å². The summed E-state index contributed by atoms with van der Waals surface area (Å²) in [4.78, 5) is 29.6. The molecule has 5 heteroatoms. The molecule has 1 atom stereocenters. The number of carbonyl (C=O) groups is 2. The molecule has 0 radical (unpaired) electrons. The number of hydrogen-bond donors (Lipinski definition) is 1. The summed E-state index contributed by atoms with van der Waals surface area (Å²) in [6, 6.07) is 10.5. The van der Waals surface area contributed by atoms with Crippen LogP contribution in [-0.4, -0.2) is 54.3 Å². The number of hydrogen-bond acceptors (Lipinski definition) is 3. The van der Waals surface area contributed by atoms with E-state index in [1.807, 2.05) is 23.1 Å². The highest BCUT2D eigenvalue weighted by Crippen LogP contribution is 2.23. The minimum Gasteiger partial charge on any atom is -0.342 e. The van der Waals surface area contributed by atoms with Crippen molar-refractivity contribution in [2.75, 3.05) is 32.7 Å². The third-order valence-electron chi connectivity index (χ3n) is 6.41. The van der Waals surface area contributed by atoms with Gasteiger partial charge in [0, 0.05) is 38.1 Å². The second-order valence-corrected chi connectivity index (χ2v) is 8.91. The molecule has 29 heavy (non-hydrogen) atoms. The highest BCUT2D eigenvalue weighted by atomic mass is 16.2. The maximum atomic E-state index is 12.8. The first-order chi connectivity index (χ1) is 14.1. The Morgan fingerprint density at radius 1 is 0.931 bits per heavy atom. The molecular formula is C24H37N3O2. The van der Waals surface area contributed by atoms with Crippen molar-refractivity contribution in [3.8, 4) is 0 Å². The van der Waals surface area contributed by atoms with Crippen molar-refractivity contribution in [3.05, 3.63) is 35.9 Å². The monoisotopic (exact) mass is 399 g/mol. The van der Waals surface area contributed by atoms with Gasteiger partial charge in [-0.1, -0.05) is 57.0 Å². The molecule has 1 unspecified atom stereocenters. The molecule has 0 bridgehead atoms. The second kappa shape index (κ2) is 10.8. The maximum absolute atomic E-state index is 12.8. The lowest BCUT2D eigenvalue weighted by Gasteiger charge is -2.34. The van der Waals surface area contributed by atoms with Crippen LogP contribution in [0.15, 0.2) is 30.3 Å². The molecule has 0 aromatic heterocycles. The smallest absolute Gasteiger partial charge is 0.236 e. The summed E-state index contributed by atoms with van der Waals surface area (Å²) in [7, 11) is 0. The summed E-state index contributed by atoms with van der Waals surface area (Å²) in [5.41, 5.74) is 1.22. The van der Waals surface area contributed by atoms with Crippen LogP contribution in [-0.2, 0) is 9.59 Å². The lowest BCUT2D eigenvalue weighted by molar-refractivity contribution is -0.140. The molecule has 0 aliphatic carbocycles. The highest BCUT2D eigenvalue weighted by molar-refractivity contribution is 5.81. The van der Waals surface area contributed by atoms with E-state index in [2.05, 4.69) is 36.2 Å². The van der Waals surface area contributed by atoms with Crippen molar-refractivity contribution < 1.29 is 9.59 Å². The minimum absolute atomic E-state index is 0.0952. The first-order valence-electron chi connectivity index (χ1n) is 11.4. The van der Waals surface area contributed by atoms with Crippen LogP contribution < -0.4 is 5.32 Å². The molecule has 0 saturated carbocycles. The predicted molar refractivity (Wildman–Crippen MR) is 116 cm³/mol. The number of rotatable bonds is 6. The van der Waals surface area contributed by atoms with Crippen molar-refractivity contribution in [3.63, 3.8) is 0 Å². The fraction of sp³-hybridized carbons (Fsp3) is 0.667. The molecule has 2 amide bonds. The van der Waals surface area contributed by atoms with Gasteiger partial charge in [0.1, 0.15) is 0 Å². The number of piperidine rings is 1. The molecule has 2 aliphatic rings. The van der Waals surface area contributed by atoms with Gasteiger partial charge in [-0.3, -0.25) is 9.59 Å². The average molecular weight is 400 g/mol. The van der Waals surface area contributed by atoms with E-state index in [1.54, 1.807) is 0 Å². The first-order valence-corrected chi connectivity index (χ1v) is 11.4. The Balaban J connectivity index is 1.46. The molecule has 2 heterocycles. The van der Waals surface area contributed by atoms with Crippen LogP contribution in [0, 0.1) is 11.8 Å². The molecule has 3 rings (SSSR count). The van der Waals surface area contributed by atoms with Crippen LogP contribution in [0.3, 0.4) is 0 Å². The largest absolute Gasteiger partial charge is 0.342 e. The van der Waals surface area contributed by atoms with Gasteiger partial charge in [-0.2, -0.15) is 0 Å². The molecule has 1 aromatic carbocycles. The SMILES string of the molecule is CC(C)C(NCC(=O)N1CCC(C(=O)N2CCCCCC2)CC1)c1ccccc1. The van der Waals surface area contributed by atoms with E-state index in [-0.39, 0.29) is 17.9 Å². The van der Waals surface area contributed by atoms with E-state index in [4.69, 9.17) is 0 Å². The van der Waals surface area contributed by atoms with Gasteiger partial charge in [0.05, 0.1) is 6.54 Å². The number of nitrogens with zero attached hydrogens (tertiary/aromatic N) is 2. The van der Waals surface area contributed by atoms with Crippen LogP contribution in [0.2, 0.25) is 0 Å². The topological polar surface area (TPSA) is 52.7 Å². The third-order valence-corrected chi connectivity index (χ3v) is 6.41. The zero-order valence-corrected chi connectivity index (χ0v) is 18.1. The van der Waals surface area contributed by atoms with Crippen LogP contribution in [0.4, 0.5) is 0 Å². The molecule has 5 nitrogen and oxygen atoms in total. The quantitative estimate of drug-likeness (QED) is 0.795. The van der Waals surface area contributed by atoms with E-state index in [1.165, 1.54) is 18.4 Å². The standard InChI is InChI=1S/C24H37N3O2/c1-19(2)23(20-10-6-5-7-11-20)25-18-22(28)26-16-12-21(13-17-26)24(29)27-14-8-3-4-9-15-27/h5-7,10-11,19,21,23,25H,3-4,8-9,12-18H2,1-2H3. The lowest BCUT2D eigenvalue weighted by Crippen LogP contribution is -2.47. The molecule has 2 fully saturated rings. The van der Waals surface area contributed by atoms with E-state index in [0.29, 0.717) is 31.5 Å². The van der Waals surface area contributed by atoms with Gasteiger partial charge in [0.15, 0.2) is 0 Å². The van der Waals surface area contributed by atoms with Crippen molar-refractivity contribution in [2.24, 2.45) is 11.8 Å². The van der Waals surface area contributed by atoms with Crippen LogP contribution in [0.5, 0.6) is 0 Å². The maximum Gasteiger partial charge on any atom is 0.236 e. The van der Waals surface area contributed by atoms with Crippen LogP contribution in [0.1, 0.15) is 64.0 Å². The fourth-order valence-electron chi connectivity index (χ4n) is 4.63. The van der Waals surface area contributed by atoms with Crippen molar-refractivity contribution in [1.29, 1.82) is 0 Å². The number of nitrogens with one attached hydrogen (secondary N) is 1. The van der Waals surface area contributed by atoms with E-state index < -0.39 is 0 Å². The van der Waals surface area contributed by atoms with Crippen molar-refractivity contribution in [2.45, 2.75) is 58.4 Å². The predicted octanol–water partition coefficient (Wildman–Crippen LogP) is 3.61. The average Bonchev–Trinajstić information content (AvgIpc) is 3.03. The molecule has 0 spiro atoms. The Hall–Kier alpha value is -1.88. The Labute approximate surface area is 175 Å². The van der Waals surface area contributed by atoms with Gasteiger partial charge in [0.25, 0.3) is 0 Å². The number of carbonyl (C=O) groups excluding carboxylic acids is 2. The molecule has 1 aromatic rings. The number of likely N-dealkylation sites (tertiary alicyclic amines) is 2. The molecular weight excluding hydrogens is 362 g/mol. The fourth-order valence-corrected chi connectivity index (χ4v) is 4.63. The zero-order valence-electron chi connectivity index (χ0n) is 18.1. The minimum atomic E-state index is 0.0952. The van der Waals surface area contributed by atoms with Gasteiger partial charge in [-0.25, -0.2) is 0 Å². The summed E-state index contributed by atoms with van der Waals surface area (Å²) in [6.07, 6.45) is 6.34. The Kier molecular flexibility index (Phi) is 8.10. The summed E-state index contributed by atoms with van der Waals surface area (Å²) < 4.78 is 0. The lowest BCUT2D eigenvalue weighted by atomic mass is 9.94. The second-order valence-electron chi connectivity index (χ2n) is 8.91. The van der Waals surface area contributed by atoms with Gasteiger partial charge >= 0.3 is 0 Å². The van der Waals surface area contributed by atoms with Crippen molar-refractivity contribution in [1.82, 2.24) is 15.1 Å². The van der Waals surface area contributed by atoms with Gasteiger partial charge in [-0.15, -0.1) is 0 Å². The Morgan fingerprint density at radius 3 is 2.14 bits per heavy atom. The van der Waals surface area contributed by atoms with Crippen LogP contribution in [0.25, 0.3) is 0 Å². The first kappa shape index (κ1) is 21.8. The molecule has 160 valence electrons. The summed E-state index contributed by atoms with van der Waals surface area (Å²) in [5, 5.41) is 3.46. The van der Waals surface area contributed by atoms with E-state index in [9.17, 15) is 9.59 Å². The molecule has 1 N–H and O–H groups in total. The van der Waals surface area contributed by atoms with Gasteiger partial charge in [0.2, 0.25) is 11.8 Å². The Morgan fingerprint density at radius 2 is 1.55 bits per heavy atom. The van der Waals surface area contributed by atoms with E-state index in [0.717, 1.165) is 38.8 Å². The zero-order chi connectivity index (χ0) is 20.6. The molecule has 2 aliphatic heterocycles. The summed E-state index contributed by atoms with van der Waals surface area (Å²) in [6.45, 7) is 7.92. The third kappa shape index (κ3) is 6.05. The van der Waals surface area contributed by atoms with E-state index >= 15 is 0 Å². The van der Waals surface area contributed by atoms with Gasteiger partial charge < -0.3 is 15.1 Å². The number of benzene rings is 1. The Bertz CT molecular complexity index is 645. The number of amides is 2. The van der Waals surface area contributed by atoms with Gasteiger partial charge in [-0.05, 0) is 37.2 Å². The summed E-state index contributed by atoms with van der Waals surface area (Å²) >= 11 is 0. The molecule has 2 saturated heterocycles. The highest BCUT2D eigenvalue weighted by Gasteiger charge is 2.30. The normalized spacial score (nSPS) is 19.8. The summed E-state index contributed by atoms with van der Waals surface area (Å²) in [5.74, 6) is 0.966.